The third kappa shape index (κ3) is 2.82. The molecule has 0 bridgehead atoms. The Morgan fingerprint density at radius 3 is 2.78 bits per heavy atom. The molecule has 1 N–H and O–H groups in total. The van der Waals surface area contributed by atoms with Crippen molar-refractivity contribution >= 4 is 15.9 Å². The van der Waals surface area contributed by atoms with E-state index in [4.69, 9.17) is 0 Å². The van der Waals surface area contributed by atoms with Crippen LogP contribution in [0.15, 0.2) is 34.9 Å². The Bertz CT molecular complexity index is 534. The minimum absolute atomic E-state index is 0.130. The molecule has 1 atom stereocenters. The van der Waals surface area contributed by atoms with Crippen molar-refractivity contribution in [3.8, 4) is 0 Å². The number of nitrogens with one attached hydrogen (secondary N) is 1. The first-order valence-corrected chi connectivity index (χ1v) is 6.90. The summed E-state index contributed by atoms with van der Waals surface area (Å²) in [4.78, 5) is 0. The summed E-state index contributed by atoms with van der Waals surface area (Å²) in [5, 5.41) is 8.00. The van der Waals surface area contributed by atoms with E-state index in [1.54, 1.807) is 0 Å². The van der Waals surface area contributed by atoms with Gasteiger partial charge in [0.25, 0.3) is 0 Å². The van der Waals surface area contributed by atoms with E-state index in [1.807, 2.05) is 17.9 Å². The third-order valence-electron chi connectivity index (χ3n) is 2.90. The van der Waals surface area contributed by atoms with Crippen LogP contribution in [0, 0.1) is 6.92 Å². The van der Waals surface area contributed by atoms with Crippen LogP contribution in [0.25, 0.3) is 0 Å². The summed E-state index contributed by atoms with van der Waals surface area (Å²) >= 11 is 3.63. The van der Waals surface area contributed by atoms with Gasteiger partial charge in [0.05, 0.1) is 11.7 Å². The van der Waals surface area contributed by atoms with Crippen molar-refractivity contribution in [3.05, 3.63) is 51.8 Å². The van der Waals surface area contributed by atoms with E-state index >= 15 is 0 Å². The van der Waals surface area contributed by atoms with Crippen molar-refractivity contribution in [1.82, 2.24) is 15.1 Å². The second-order valence-corrected chi connectivity index (χ2v) is 5.28. The van der Waals surface area contributed by atoms with Crippen LogP contribution in [-0.4, -0.2) is 16.3 Å². The lowest BCUT2D eigenvalue weighted by Crippen LogP contribution is -2.23. The van der Waals surface area contributed by atoms with Gasteiger partial charge in [0.1, 0.15) is 0 Å². The molecule has 96 valence electrons. The van der Waals surface area contributed by atoms with Crippen molar-refractivity contribution in [3.63, 3.8) is 0 Å². The molecule has 0 amide bonds. The molecule has 1 aromatic carbocycles. The Morgan fingerprint density at radius 1 is 1.39 bits per heavy atom. The quantitative estimate of drug-likeness (QED) is 0.940. The molecule has 4 heteroatoms. The first kappa shape index (κ1) is 13.3. The largest absolute Gasteiger partial charge is 0.305 e. The molecule has 1 heterocycles. The highest BCUT2D eigenvalue weighted by Gasteiger charge is 2.18. The smallest absolute Gasteiger partial charge is 0.0839 e. The summed E-state index contributed by atoms with van der Waals surface area (Å²) in [5.74, 6) is 0. The topological polar surface area (TPSA) is 29.9 Å². The van der Waals surface area contributed by atoms with Crippen LogP contribution in [-0.2, 0) is 7.05 Å². The molecule has 3 nitrogen and oxygen atoms in total. The second-order valence-electron chi connectivity index (χ2n) is 4.43. The fourth-order valence-corrected chi connectivity index (χ4v) is 2.52. The zero-order chi connectivity index (χ0) is 13.1. The van der Waals surface area contributed by atoms with Gasteiger partial charge < -0.3 is 5.32 Å². The van der Waals surface area contributed by atoms with E-state index in [9.17, 15) is 0 Å². The van der Waals surface area contributed by atoms with Gasteiger partial charge in [-0.25, -0.2) is 0 Å². The molecule has 0 spiro atoms. The van der Waals surface area contributed by atoms with Gasteiger partial charge in [-0.15, -0.1) is 0 Å². The van der Waals surface area contributed by atoms with Gasteiger partial charge in [-0.1, -0.05) is 40.5 Å². The van der Waals surface area contributed by atoms with Crippen molar-refractivity contribution in [2.45, 2.75) is 19.9 Å². The average Bonchev–Trinajstić information content (AvgIpc) is 2.76. The number of aryl methyl sites for hydroxylation is 2. The molecule has 0 saturated heterocycles. The lowest BCUT2D eigenvalue weighted by Gasteiger charge is -2.18. The third-order valence-corrected chi connectivity index (χ3v) is 3.62. The Kier molecular flexibility index (Phi) is 4.19. The lowest BCUT2D eigenvalue weighted by atomic mass is 10.0. The maximum absolute atomic E-state index is 4.51. The first-order chi connectivity index (χ1) is 8.61. The van der Waals surface area contributed by atoms with E-state index < -0.39 is 0 Å². The molecule has 18 heavy (non-hydrogen) atoms. The molecule has 0 fully saturated rings. The number of benzene rings is 1. The summed E-state index contributed by atoms with van der Waals surface area (Å²) in [7, 11) is 1.94. The van der Waals surface area contributed by atoms with E-state index in [0.29, 0.717) is 0 Å². The first-order valence-electron chi connectivity index (χ1n) is 6.10. The van der Waals surface area contributed by atoms with E-state index in [2.05, 4.69) is 64.5 Å². The van der Waals surface area contributed by atoms with Crippen molar-refractivity contribution in [2.75, 3.05) is 6.54 Å². The zero-order valence-electron chi connectivity index (χ0n) is 10.9. The highest BCUT2D eigenvalue weighted by Crippen LogP contribution is 2.28. The van der Waals surface area contributed by atoms with Gasteiger partial charge in [-0.2, -0.15) is 5.10 Å². The second kappa shape index (κ2) is 5.67. The van der Waals surface area contributed by atoms with Gasteiger partial charge in [-0.3, -0.25) is 4.68 Å². The van der Waals surface area contributed by atoms with Crippen molar-refractivity contribution < 1.29 is 0 Å². The molecule has 0 radical (unpaired) electrons. The van der Waals surface area contributed by atoms with Gasteiger partial charge in [0, 0.05) is 17.7 Å². The van der Waals surface area contributed by atoms with Gasteiger partial charge in [0.2, 0.25) is 0 Å². The van der Waals surface area contributed by atoms with Gasteiger partial charge >= 0.3 is 0 Å². The number of nitrogens with zero attached hydrogens (tertiary/aromatic N) is 2. The lowest BCUT2D eigenvalue weighted by molar-refractivity contribution is 0.597. The summed E-state index contributed by atoms with van der Waals surface area (Å²) in [6, 6.07) is 8.59. The van der Waals surface area contributed by atoms with Crippen LogP contribution >= 0.6 is 15.9 Å². The summed E-state index contributed by atoms with van der Waals surface area (Å²) < 4.78 is 2.95. The minimum Gasteiger partial charge on any atom is -0.305 e. The standard InChI is InChI=1S/C14H18BrN3/c1-4-16-14(13-7-8-18(3)17-13)11-9-10(2)5-6-12(11)15/h5-9,14,16H,4H2,1-3H3. The molecular weight excluding hydrogens is 290 g/mol. The van der Waals surface area contributed by atoms with Gasteiger partial charge in [-0.05, 0) is 31.2 Å². The SMILES string of the molecule is CCNC(c1ccn(C)n1)c1cc(C)ccc1Br. The number of rotatable bonds is 4. The molecule has 0 saturated carbocycles. The predicted octanol–water partition coefficient (Wildman–Crippen LogP) is 3.19. The molecule has 0 aliphatic rings. The Hall–Kier alpha value is -1.13. The summed E-state index contributed by atoms with van der Waals surface area (Å²) in [6.07, 6.45) is 1.98. The number of hydrogen-bond donors (Lipinski definition) is 1. The Balaban J connectivity index is 2.44. The molecule has 0 aliphatic carbocycles. The highest BCUT2D eigenvalue weighted by atomic mass is 79.9. The maximum Gasteiger partial charge on any atom is 0.0839 e. The average molecular weight is 308 g/mol. The Morgan fingerprint density at radius 2 is 2.17 bits per heavy atom. The van der Waals surface area contributed by atoms with Crippen LogP contribution < -0.4 is 5.32 Å². The minimum atomic E-state index is 0.130. The zero-order valence-corrected chi connectivity index (χ0v) is 12.5. The number of aromatic nitrogens is 2. The van der Waals surface area contributed by atoms with Gasteiger partial charge in [0.15, 0.2) is 0 Å². The monoisotopic (exact) mass is 307 g/mol. The summed E-state index contributed by atoms with van der Waals surface area (Å²) in [6.45, 7) is 5.12. The van der Waals surface area contributed by atoms with Crippen LogP contribution in [0.3, 0.4) is 0 Å². The fraction of sp³-hybridized carbons (Fsp3) is 0.357. The van der Waals surface area contributed by atoms with Crippen LogP contribution in [0.4, 0.5) is 0 Å². The number of halogens is 1. The maximum atomic E-state index is 4.51. The van der Waals surface area contributed by atoms with Crippen molar-refractivity contribution in [2.24, 2.45) is 7.05 Å². The molecular formula is C14H18BrN3. The normalized spacial score (nSPS) is 12.7. The fourth-order valence-electron chi connectivity index (χ4n) is 2.05. The predicted molar refractivity (Wildman–Crippen MR) is 77.6 cm³/mol. The summed E-state index contributed by atoms with van der Waals surface area (Å²) in [5.41, 5.74) is 3.54. The molecule has 2 aromatic rings. The van der Waals surface area contributed by atoms with E-state index in [0.717, 1.165) is 16.7 Å². The number of hydrogen-bond acceptors (Lipinski definition) is 2. The van der Waals surface area contributed by atoms with Crippen molar-refractivity contribution in [1.29, 1.82) is 0 Å². The Labute approximate surface area is 116 Å². The van der Waals surface area contributed by atoms with E-state index in [1.165, 1.54) is 11.1 Å². The molecule has 1 aromatic heterocycles. The van der Waals surface area contributed by atoms with Crippen LogP contribution in [0.5, 0.6) is 0 Å². The van der Waals surface area contributed by atoms with Crippen LogP contribution in [0.1, 0.15) is 29.8 Å². The highest BCUT2D eigenvalue weighted by molar-refractivity contribution is 9.10. The molecule has 1 unspecified atom stereocenters. The molecule has 0 aliphatic heterocycles. The van der Waals surface area contributed by atoms with Crippen LogP contribution in [0.2, 0.25) is 0 Å². The molecule has 2 rings (SSSR count). The van der Waals surface area contributed by atoms with E-state index in [-0.39, 0.29) is 6.04 Å².